The fourth-order valence-electron chi connectivity index (χ4n) is 2.96. The number of aryl methyl sites for hydroxylation is 1. The van der Waals surface area contributed by atoms with E-state index >= 15 is 0 Å². The normalized spacial score (nSPS) is 11.4. The molecule has 0 bridgehead atoms. The first-order valence-corrected chi connectivity index (χ1v) is 10.8. The molecule has 0 spiro atoms. The molecule has 1 aromatic heterocycles. The molecule has 152 valence electrons. The molecule has 1 heterocycles. The van der Waals surface area contributed by atoms with E-state index in [0.717, 1.165) is 11.1 Å². The highest BCUT2D eigenvalue weighted by atomic mass is 35.5. The van der Waals surface area contributed by atoms with Gasteiger partial charge < -0.3 is 4.98 Å². The van der Waals surface area contributed by atoms with E-state index in [1.54, 1.807) is 24.3 Å². The molecule has 3 aromatic carbocycles. The number of imidazole rings is 1. The zero-order chi connectivity index (χ0) is 21.3. The van der Waals surface area contributed by atoms with Crippen molar-refractivity contribution >= 4 is 50.2 Å². The maximum atomic E-state index is 12.8. The molecule has 7 nitrogen and oxygen atoms in total. The van der Waals surface area contributed by atoms with Crippen molar-refractivity contribution < 1.29 is 13.2 Å². The number of aromatic amines is 1. The third kappa shape index (κ3) is 4.14. The van der Waals surface area contributed by atoms with Crippen LogP contribution in [0.2, 0.25) is 5.02 Å². The molecule has 0 radical (unpaired) electrons. The Bertz CT molecular complexity index is 1330. The Hall–Kier alpha value is -3.36. The highest BCUT2D eigenvalue weighted by Gasteiger charge is 2.20. The van der Waals surface area contributed by atoms with Crippen molar-refractivity contribution in [1.82, 2.24) is 9.97 Å². The summed E-state index contributed by atoms with van der Waals surface area (Å²) in [4.78, 5) is 19.9. The van der Waals surface area contributed by atoms with Gasteiger partial charge in [-0.15, -0.1) is 0 Å². The number of amides is 1. The Balaban J connectivity index is 1.61. The second-order valence-corrected chi connectivity index (χ2v) is 8.76. The van der Waals surface area contributed by atoms with Gasteiger partial charge in [-0.3, -0.25) is 14.8 Å². The molecule has 30 heavy (non-hydrogen) atoms. The minimum Gasteiger partial charge on any atom is -0.324 e. The van der Waals surface area contributed by atoms with Gasteiger partial charge in [0.1, 0.15) is 0 Å². The van der Waals surface area contributed by atoms with Crippen LogP contribution in [0.4, 0.5) is 11.6 Å². The first-order valence-electron chi connectivity index (χ1n) is 8.97. The zero-order valence-corrected chi connectivity index (χ0v) is 17.4. The lowest BCUT2D eigenvalue weighted by molar-refractivity contribution is 0.102. The average molecular weight is 441 g/mol. The standard InChI is InChI=1S/C21H17ClN4O3S/c1-13-5-4-6-14(11-13)26-30(28,29)15-9-10-17(22)16(12-15)20(27)25-21-23-18-7-2-3-8-19(18)24-21/h2-12,26H,1H3,(H2,23,24,25,27). The van der Waals surface area contributed by atoms with Crippen LogP contribution in [0, 0.1) is 6.92 Å². The Morgan fingerprint density at radius 3 is 2.60 bits per heavy atom. The maximum Gasteiger partial charge on any atom is 0.261 e. The van der Waals surface area contributed by atoms with Gasteiger partial charge in [0.25, 0.3) is 15.9 Å². The Labute approximate surface area is 178 Å². The predicted octanol–water partition coefficient (Wildman–Crippen LogP) is 4.58. The number of hydrogen-bond acceptors (Lipinski definition) is 4. The number of benzene rings is 3. The first-order chi connectivity index (χ1) is 14.3. The summed E-state index contributed by atoms with van der Waals surface area (Å²) >= 11 is 6.16. The summed E-state index contributed by atoms with van der Waals surface area (Å²) in [6.45, 7) is 1.86. The number of anilines is 2. The van der Waals surface area contributed by atoms with E-state index in [4.69, 9.17) is 11.6 Å². The number of carbonyl (C=O) groups is 1. The highest BCUT2D eigenvalue weighted by Crippen LogP contribution is 2.24. The van der Waals surface area contributed by atoms with Crippen LogP contribution in [0.15, 0.2) is 71.6 Å². The van der Waals surface area contributed by atoms with Crippen LogP contribution in [0.1, 0.15) is 15.9 Å². The fourth-order valence-corrected chi connectivity index (χ4v) is 4.23. The van der Waals surface area contributed by atoms with Gasteiger partial charge in [0, 0.05) is 5.69 Å². The van der Waals surface area contributed by atoms with E-state index in [1.165, 1.54) is 18.2 Å². The van der Waals surface area contributed by atoms with Crippen LogP contribution >= 0.6 is 11.6 Å². The third-order valence-electron chi connectivity index (χ3n) is 4.38. The van der Waals surface area contributed by atoms with Gasteiger partial charge in [0.2, 0.25) is 5.95 Å². The second kappa shape index (κ2) is 7.81. The molecule has 0 aliphatic carbocycles. The second-order valence-electron chi connectivity index (χ2n) is 6.67. The minimum atomic E-state index is -3.91. The van der Waals surface area contributed by atoms with Crippen molar-refractivity contribution in [2.75, 3.05) is 10.0 Å². The molecular formula is C21H17ClN4O3S. The molecule has 0 aliphatic rings. The lowest BCUT2D eigenvalue weighted by Crippen LogP contribution is -2.17. The number of halogens is 1. The summed E-state index contributed by atoms with van der Waals surface area (Å²) in [5, 5.41) is 2.74. The van der Waals surface area contributed by atoms with Crippen molar-refractivity contribution in [3.8, 4) is 0 Å². The average Bonchev–Trinajstić information content (AvgIpc) is 3.10. The largest absolute Gasteiger partial charge is 0.324 e. The van der Waals surface area contributed by atoms with Gasteiger partial charge in [-0.2, -0.15) is 0 Å². The van der Waals surface area contributed by atoms with Crippen LogP contribution < -0.4 is 10.0 Å². The quantitative estimate of drug-likeness (QED) is 0.422. The van der Waals surface area contributed by atoms with Gasteiger partial charge in [-0.1, -0.05) is 35.9 Å². The van der Waals surface area contributed by atoms with Gasteiger partial charge >= 0.3 is 0 Å². The molecule has 0 fully saturated rings. The van der Waals surface area contributed by atoms with Crippen LogP contribution in [0.3, 0.4) is 0 Å². The molecule has 1 amide bonds. The molecule has 0 unspecified atom stereocenters. The van der Waals surface area contributed by atoms with Crippen molar-refractivity contribution in [2.24, 2.45) is 0 Å². The van der Waals surface area contributed by atoms with Crippen LogP contribution in [0.5, 0.6) is 0 Å². The number of nitrogens with one attached hydrogen (secondary N) is 3. The molecule has 0 saturated heterocycles. The minimum absolute atomic E-state index is 0.0178. The van der Waals surface area contributed by atoms with E-state index in [0.29, 0.717) is 11.2 Å². The monoisotopic (exact) mass is 440 g/mol. The lowest BCUT2D eigenvalue weighted by Gasteiger charge is -2.11. The number of fused-ring (bicyclic) bond motifs is 1. The number of sulfonamides is 1. The molecule has 0 aliphatic heterocycles. The van der Waals surface area contributed by atoms with E-state index < -0.39 is 15.9 Å². The zero-order valence-electron chi connectivity index (χ0n) is 15.8. The van der Waals surface area contributed by atoms with Gasteiger partial charge in [0.05, 0.1) is 26.5 Å². The van der Waals surface area contributed by atoms with Crippen molar-refractivity contribution in [3.05, 3.63) is 82.9 Å². The number of rotatable bonds is 5. The number of H-pyrrole nitrogens is 1. The highest BCUT2D eigenvalue weighted by molar-refractivity contribution is 7.92. The fraction of sp³-hybridized carbons (Fsp3) is 0.0476. The first kappa shape index (κ1) is 19.9. The van der Waals surface area contributed by atoms with Crippen molar-refractivity contribution in [1.29, 1.82) is 0 Å². The van der Waals surface area contributed by atoms with Crippen LogP contribution in [-0.2, 0) is 10.0 Å². The van der Waals surface area contributed by atoms with Gasteiger partial charge in [-0.25, -0.2) is 13.4 Å². The summed E-state index contributed by atoms with van der Waals surface area (Å²) in [5.41, 5.74) is 2.81. The molecule has 4 aromatic rings. The van der Waals surface area contributed by atoms with Crippen molar-refractivity contribution in [3.63, 3.8) is 0 Å². The molecule has 0 atom stereocenters. The number of hydrogen-bond donors (Lipinski definition) is 3. The van der Waals surface area contributed by atoms with Crippen LogP contribution in [-0.4, -0.2) is 24.3 Å². The maximum absolute atomic E-state index is 12.8. The summed E-state index contributed by atoms with van der Waals surface area (Å²) in [6.07, 6.45) is 0. The summed E-state index contributed by atoms with van der Waals surface area (Å²) < 4.78 is 28.0. The lowest BCUT2D eigenvalue weighted by atomic mass is 10.2. The number of aromatic nitrogens is 2. The van der Waals surface area contributed by atoms with E-state index in [-0.39, 0.29) is 21.4 Å². The van der Waals surface area contributed by atoms with Crippen molar-refractivity contribution in [2.45, 2.75) is 11.8 Å². The molecule has 4 rings (SSSR count). The number of carbonyl (C=O) groups excluding carboxylic acids is 1. The Morgan fingerprint density at radius 1 is 1.03 bits per heavy atom. The van der Waals surface area contributed by atoms with Gasteiger partial charge in [0.15, 0.2) is 0 Å². The van der Waals surface area contributed by atoms with E-state index in [9.17, 15) is 13.2 Å². The molecule has 9 heteroatoms. The number of para-hydroxylation sites is 2. The van der Waals surface area contributed by atoms with E-state index in [2.05, 4.69) is 20.0 Å². The predicted molar refractivity (Wildman–Crippen MR) is 117 cm³/mol. The van der Waals surface area contributed by atoms with E-state index in [1.807, 2.05) is 31.2 Å². The summed E-state index contributed by atoms with van der Waals surface area (Å²) in [7, 11) is -3.91. The Kier molecular flexibility index (Phi) is 5.19. The topological polar surface area (TPSA) is 104 Å². The van der Waals surface area contributed by atoms with Crippen LogP contribution in [0.25, 0.3) is 11.0 Å². The van der Waals surface area contributed by atoms with Gasteiger partial charge in [-0.05, 0) is 55.0 Å². The molecule has 0 saturated carbocycles. The summed E-state index contributed by atoms with van der Waals surface area (Å²) in [5.74, 6) is -0.338. The molecular weight excluding hydrogens is 424 g/mol. The third-order valence-corrected chi connectivity index (χ3v) is 6.09. The Morgan fingerprint density at radius 2 is 1.83 bits per heavy atom. The number of nitrogens with zero attached hydrogens (tertiary/aromatic N) is 1. The SMILES string of the molecule is Cc1cccc(NS(=O)(=O)c2ccc(Cl)c(C(=O)Nc3nc4ccccc4[nH]3)c2)c1. The smallest absolute Gasteiger partial charge is 0.261 e. The summed E-state index contributed by atoms with van der Waals surface area (Å²) in [6, 6.07) is 18.2. The molecule has 3 N–H and O–H groups in total.